The molecule has 1 rings (SSSR count). The molecule has 0 bridgehead atoms. The first-order chi connectivity index (χ1) is 9.48. The SMILES string of the molecule is CCN(CC)C(=O)CNS(=O)(=O)C=Cc1ccccc1. The van der Waals surface area contributed by atoms with Gasteiger partial charge in [-0.3, -0.25) is 4.79 Å². The Bertz CT molecular complexity index is 549. The molecule has 0 aliphatic carbocycles. The average molecular weight is 296 g/mol. The lowest BCUT2D eigenvalue weighted by atomic mass is 10.2. The molecule has 0 aliphatic heterocycles. The molecule has 5 nitrogen and oxygen atoms in total. The van der Waals surface area contributed by atoms with Crippen LogP contribution in [0, 0.1) is 0 Å². The molecule has 0 aliphatic rings. The summed E-state index contributed by atoms with van der Waals surface area (Å²) in [4.78, 5) is 13.3. The van der Waals surface area contributed by atoms with Crippen molar-refractivity contribution in [1.82, 2.24) is 9.62 Å². The molecule has 0 fully saturated rings. The lowest BCUT2D eigenvalue weighted by Crippen LogP contribution is -2.39. The van der Waals surface area contributed by atoms with Gasteiger partial charge >= 0.3 is 0 Å². The van der Waals surface area contributed by atoms with E-state index >= 15 is 0 Å². The van der Waals surface area contributed by atoms with E-state index in [0.29, 0.717) is 13.1 Å². The van der Waals surface area contributed by atoms with E-state index < -0.39 is 10.0 Å². The summed E-state index contributed by atoms with van der Waals surface area (Å²) >= 11 is 0. The van der Waals surface area contributed by atoms with E-state index in [1.165, 1.54) is 6.08 Å². The summed E-state index contributed by atoms with van der Waals surface area (Å²) in [5.74, 6) is -0.230. The van der Waals surface area contributed by atoms with E-state index in [-0.39, 0.29) is 12.5 Å². The number of sulfonamides is 1. The first-order valence-corrected chi connectivity index (χ1v) is 8.03. The first kappa shape index (κ1) is 16.4. The summed E-state index contributed by atoms with van der Waals surface area (Å²) in [6, 6.07) is 9.10. The van der Waals surface area contributed by atoms with Crippen molar-refractivity contribution in [3.63, 3.8) is 0 Å². The molecule has 0 atom stereocenters. The molecule has 0 radical (unpaired) electrons. The second kappa shape index (κ2) is 7.81. The van der Waals surface area contributed by atoms with Crippen LogP contribution in [0.15, 0.2) is 35.7 Å². The molecule has 0 unspecified atom stereocenters. The van der Waals surface area contributed by atoms with Crippen LogP contribution in [0.2, 0.25) is 0 Å². The molecular weight excluding hydrogens is 276 g/mol. The van der Waals surface area contributed by atoms with Crippen molar-refractivity contribution in [2.75, 3.05) is 19.6 Å². The molecule has 110 valence electrons. The summed E-state index contributed by atoms with van der Waals surface area (Å²) in [7, 11) is -3.60. The summed E-state index contributed by atoms with van der Waals surface area (Å²) in [6.45, 7) is 4.62. The van der Waals surface area contributed by atoms with Crippen LogP contribution in [0.4, 0.5) is 0 Å². The second-order valence-electron chi connectivity index (χ2n) is 4.15. The zero-order valence-electron chi connectivity index (χ0n) is 11.7. The molecule has 0 heterocycles. The average Bonchev–Trinajstić information content (AvgIpc) is 2.46. The highest BCUT2D eigenvalue weighted by molar-refractivity contribution is 7.92. The molecule has 1 aromatic carbocycles. The van der Waals surface area contributed by atoms with Crippen LogP contribution in [0.5, 0.6) is 0 Å². The van der Waals surface area contributed by atoms with E-state index in [0.717, 1.165) is 11.0 Å². The molecule has 6 heteroatoms. The minimum absolute atomic E-state index is 0.219. The first-order valence-electron chi connectivity index (χ1n) is 6.49. The Balaban J connectivity index is 2.58. The molecule has 20 heavy (non-hydrogen) atoms. The summed E-state index contributed by atoms with van der Waals surface area (Å²) in [6.07, 6.45) is 1.49. The maximum atomic E-state index is 11.7. The minimum atomic E-state index is -3.60. The molecule has 0 aromatic heterocycles. The van der Waals surface area contributed by atoms with Crippen LogP contribution >= 0.6 is 0 Å². The highest BCUT2D eigenvalue weighted by Gasteiger charge is 2.12. The minimum Gasteiger partial charge on any atom is -0.342 e. The van der Waals surface area contributed by atoms with Gasteiger partial charge in [-0.1, -0.05) is 30.3 Å². The molecular formula is C14H20N2O3S. The predicted molar refractivity (Wildman–Crippen MR) is 80.3 cm³/mol. The third kappa shape index (κ3) is 5.54. The van der Waals surface area contributed by atoms with Gasteiger partial charge in [-0.25, -0.2) is 13.1 Å². The van der Waals surface area contributed by atoms with Crippen molar-refractivity contribution < 1.29 is 13.2 Å². The van der Waals surface area contributed by atoms with Gasteiger partial charge in [0.25, 0.3) is 0 Å². The monoisotopic (exact) mass is 296 g/mol. The van der Waals surface area contributed by atoms with Crippen molar-refractivity contribution in [3.05, 3.63) is 41.3 Å². The summed E-state index contributed by atoms with van der Waals surface area (Å²) in [5, 5.41) is 1.07. The molecule has 0 spiro atoms. The lowest BCUT2D eigenvalue weighted by Gasteiger charge is -2.18. The smallest absolute Gasteiger partial charge is 0.237 e. The molecule has 1 aromatic rings. The number of likely N-dealkylation sites (N-methyl/N-ethyl adjacent to an activating group) is 1. The van der Waals surface area contributed by atoms with Crippen LogP contribution in [-0.4, -0.2) is 38.9 Å². The number of nitrogens with one attached hydrogen (secondary N) is 1. The van der Waals surface area contributed by atoms with E-state index in [4.69, 9.17) is 0 Å². The van der Waals surface area contributed by atoms with Gasteiger partial charge in [0, 0.05) is 18.5 Å². The fourth-order valence-corrected chi connectivity index (χ4v) is 2.39. The van der Waals surface area contributed by atoms with Crippen molar-refractivity contribution in [1.29, 1.82) is 0 Å². The highest BCUT2D eigenvalue weighted by Crippen LogP contribution is 2.02. The van der Waals surface area contributed by atoms with Gasteiger partial charge in [0.1, 0.15) is 0 Å². The highest BCUT2D eigenvalue weighted by atomic mass is 32.2. The Kier molecular flexibility index (Phi) is 6.41. The number of benzene rings is 1. The van der Waals surface area contributed by atoms with Gasteiger partial charge < -0.3 is 4.90 Å². The number of amides is 1. The Morgan fingerprint density at radius 2 is 1.80 bits per heavy atom. The Morgan fingerprint density at radius 3 is 2.35 bits per heavy atom. The van der Waals surface area contributed by atoms with Gasteiger partial charge in [-0.2, -0.15) is 0 Å². The predicted octanol–water partition coefficient (Wildman–Crippen LogP) is 1.45. The van der Waals surface area contributed by atoms with Crippen LogP contribution in [-0.2, 0) is 14.8 Å². The standard InChI is InChI=1S/C14H20N2O3S/c1-3-16(4-2)14(17)12-15-20(18,19)11-10-13-8-6-5-7-9-13/h5-11,15H,3-4,12H2,1-2H3. The van der Waals surface area contributed by atoms with Gasteiger partial charge in [-0.05, 0) is 25.5 Å². The van der Waals surface area contributed by atoms with E-state index in [9.17, 15) is 13.2 Å². The number of carbonyl (C=O) groups is 1. The van der Waals surface area contributed by atoms with Crippen molar-refractivity contribution in [2.45, 2.75) is 13.8 Å². The summed E-state index contributed by atoms with van der Waals surface area (Å²) in [5.41, 5.74) is 0.785. The van der Waals surface area contributed by atoms with Gasteiger partial charge in [0.05, 0.1) is 6.54 Å². The number of rotatable bonds is 7. The van der Waals surface area contributed by atoms with Crippen LogP contribution in [0.1, 0.15) is 19.4 Å². The second-order valence-corrected chi connectivity index (χ2v) is 5.80. The van der Waals surface area contributed by atoms with E-state index in [1.54, 1.807) is 17.0 Å². The van der Waals surface area contributed by atoms with Gasteiger partial charge in [0.15, 0.2) is 0 Å². The van der Waals surface area contributed by atoms with Crippen LogP contribution in [0.25, 0.3) is 6.08 Å². The maximum absolute atomic E-state index is 11.7. The quantitative estimate of drug-likeness (QED) is 0.828. The third-order valence-corrected chi connectivity index (χ3v) is 3.82. The largest absolute Gasteiger partial charge is 0.342 e. The fourth-order valence-electron chi connectivity index (χ4n) is 1.63. The lowest BCUT2D eigenvalue weighted by molar-refractivity contribution is -0.129. The van der Waals surface area contributed by atoms with Crippen LogP contribution < -0.4 is 4.72 Å². The molecule has 1 amide bonds. The Hall–Kier alpha value is -1.66. The number of nitrogens with zero attached hydrogens (tertiary/aromatic N) is 1. The normalized spacial score (nSPS) is 11.7. The van der Waals surface area contributed by atoms with Crippen molar-refractivity contribution in [2.24, 2.45) is 0 Å². The number of hydrogen-bond donors (Lipinski definition) is 1. The zero-order valence-corrected chi connectivity index (χ0v) is 12.6. The van der Waals surface area contributed by atoms with Crippen LogP contribution in [0.3, 0.4) is 0 Å². The van der Waals surface area contributed by atoms with Gasteiger partial charge in [-0.15, -0.1) is 0 Å². The molecule has 0 saturated carbocycles. The number of hydrogen-bond acceptors (Lipinski definition) is 3. The van der Waals surface area contributed by atoms with E-state index in [1.807, 2.05) is 32.0 Å². The topological polar surface area (TPSA) is 66.5 Å². The summed E-state index contributed by atoms with van der Waals surface area (Å²) < 4.78 is 25.8. The fraction of sp³-hybridized carbons (Fsp3) is 0.357. The number of carbonyl (C=O) groups excluding carboxylic acids is 1. The molecule has 1 N–H and O–H groups in total. The van der Waals surface area contributed by atoms with E-state index in [2.05, 4.69) is 4.72 Å². The Morgan fingerprint density at radius 1 is 1.20 bits per heavy atom. The maximum Gasteiger partial charge on any atom is 0.237 e. The van der Waals surface area contributed by atoms with Crippen molar-refractivity contribution >= 4 is 22.0 Å². The zero-order chi connectivity index (χ0) is 15.0. The van der Waals surface area contributed by atoms with Gasteiger partial charge in [0.2, 0.25) is 15.9 Å². The van der Waals surface area contributed by atoms with Crippen molar-refractivity contribution in [3.8, 4) is 0 Å². The third-order valence-electron chi connectivity index (χ3n) is 2.78. The molecule has 0 saturated heterocycles. The Labute approximate surface area is 120 Å².